The predicted molar refractivity (Wildman–Crippen MR) is 134 cm³/mol. The molecule has 0 bridgehead atoms. The number of amides is 3. The highest BCUT2D eigenvalue weighted by Gasteiger charge is 2.36. The van der Waals surface area contributed by atoms with E-state index in [1.165, 1.54) is 4.57 Å². The van der Waals surface area contributed by atoms with Gasteiger partial charge < -0.3 is 14.5 Å². The number of piperidine rings is 1. The Balaban J connectivity index is 1.23. The first-order chi connectivity index (χ1) is 17.0. The lowest BCUT2D eigenvalue weighted by atomic mass is 10.0. The fraction of sp³-hybridized carbons (Fsp3) is 0.600. The molecule has 5 rings (SSSR count). The number of benzene rings is 1. The van der Waals surface area contributed by atoms with E-state index < -0.39 is 17.6 Å². The maximum atomic E-state index is 13.0. The highest BCUT2D eigenvalue weighted by Crippen LogP contribution is 2.30. The van der Waals surface area contributed by atoms with Gasteiger partial charge in [-0.25, -0.2) is 9.59 Å². The van der Waals surface area contributed by atoms with Crippen LogP contribution in [0.4, 0.5) is 10.5 Å². The number of anilines is 1. The Labute approximate surface area is 209 Å². The summed E-state index contributed by atoms with van der Waals surface area (Å²) in [7, 11) is 1.71. The molecule has 0 saturated carbocycles. The highest BCUT2D eigenvalue weighted by molar-refractivity contribution is 6.00. The Bertz CT molecular complexity index is 1260. The average Bonchev–Trinajstić information content (AvgIpc) is 3.02. The first kappa shape index (κ1) is 24.4. The van der Waals surface area contributed by atoms with E-state index in [4.69, 9.17) is 4.74 Å². The summed E-state index contributed by atoms with van der Waals surface area (Å²) < 4.78 is 8.56. The van der Waals surface area contributed by atoms with Gasteiger partial charge in [-0.05, 0) is 45.4 Å². The summed E-state index contributed by atoms with van der Waals surface area (Å²) in [6, 6.07) is 5.61. The first-order valence-electron chi connectivity index (χ1n) is 12.5. The molecule has 2 aromatic rings. The number of fused-ring (bicyclic) bond motifs is 1. The number of imide groups is 1. The van der Waals surface area contributed by atoms with Crippen molar-refractivity contribution in [1.29, 1.82) is 0 Å². The van der Waals surface area contributed by atoms with Crippen LogP contribution >= 0.6 is 0 Å². The second-order valence-electron chi connectivity index (χ2n) is 10.9. The van der Waals surface area contributed by atoms with Crippen LogP contribution in [0.5, 0.6) is 0 Å². The largest absolute Gasteiger partial charge is 0.444 e. The van der Waals surface area contributed by atoms with E-state index >= 15 is 0 Å². The molecule has 3 aliphatic rings. The maximum Gasteiger partial charge on any atom is 0.410 e. The summed E-state index contributed by atoms with van der Waals surface area (Å²) in [5, 5.41) is 2.34. The number of imidazole rings is 1. The summed E-state index contributed by atoms with van der Waals surface area (Å²) in [5.74, 6) is -0.729. The van der Waals surface area contributed by atoms with E-state index in [1.54, 1.807) is 16.5 Å². The van der Waals surface area contributed by atoms with Crippen molar-refractivity contribution >= 4 is 34.6 Å². The zero-order valence-corrected chi connectivity index (χ0v) is 21.3. The molecular weight excluding hydrogens is 464 g/mol. The third-order valence-corrected chi connectivity index (χ3v) is 7.30. The molecule has 3 amide bonds. The topological polar surface area (TPSA) is 109 Å². The Morgan fingerprint density at radius 3 is 2.36 bits per heavy atom. The number of rotatable bonds is 3. The van der Waals surface area contributed by atoms with E-state index in [0.717, 1.165) is 37.4 Å². The van der Waals surface area contributed by atoms with Crippen molar-refractivity contribution in [2.75, 3.05) is 44.2 Å². The van der Waals surface area contributed by atoms with Crippen molar-refractivity contribution in [3.63, 3.8) is 0 Å². The molecule has 11 heteroatoms. The number of hydrogen-bond donors (Lipinski definition) is 1. The molecule has 1 unspecified atom stereocenters. The van der Waals surface area contributed by atoms with Gasteiger partial charge in [-0.15, -0.1) is 0 Å². The lowest BCUT2D eigenvalue weighted by Crippen LogP contribution is -2.63. The molecule has 1 N–H and O–H groups in total. The highest BCUT2D eigenvalue weighted by atomic mass is 16.6. The van der Waals surface area contributed by atoms with Crippen LogP contribution in [0.2, 0.25) is 0 Å². The van der Waals surface area contributed by atoms with Gasteiger partial charge in [0, 0.05) is 64.5 Å². The van der Waals surface area contributed by atoms with Gasteiger partial charge in [0.2, 0.25) is 11.8 Å². The van der Waals surface area contributed by atoms with Crippen LogP contribution in [0.15, 0.2) is 23.0 Å². The van der Waals surface area contributed by atoms with E-state index in [-0.39, 0.29) is 24.1 Å². The monoisotopic (exact) mass is 498 g/mol. The number of piperazine rings is 1. The van der Waals surface area contributed by atoms with Gasteiger partial charge in [0.1, 0.15) is 11.6 Å². The summed E-state index contributed by atoms with van der Waals surface area (Å²) in [6.45, 7) is 10.3. The molecule has 4 heterocycles. The number of carbonyl (C=O) groups excluding carboxylic acids is 3. The van der Waals surface area contributed by atoms with Crippen LogP contribution in [-0.4, -0.2) is 87.8 Å². The Kier molecular flexibility index (Phi) is 6.06. The second-order valence-corrected chi connectivity index (χ2v) is 10.9. The van der Waals surface area contributed by atoms with Crippen LogP contribution in [-0.2, 0) is 21.4 Å². The van der Waals surface area contributed by atoms with Gasteiger partial charge in [-0.3, -0.25) is 28.9 Å². The first-order valence-corrected chi connectivity index (χ1v) is 12.5. The van der Waals surface area contributed by atoms with Gasteiger partial charge in [0.15, 0.2) is 0 Å². The average molecular weight is 499 g/mol. The van der Waals surface area contributed by atoms with Gasteiger partial charge in [-0.2, -0.15) is 0 Å². The van der Waals surface area contributed by atoms with Crippen molar-refractivity contribution < 1.29 is 19.1 Å². The number of nitrogens with one attached hydrogen (secondary N) is 1. The number of carbonyl (C=O) groups is 3. The van der Waals surface area contributed by atoms with Crippen molar-refractivity contribution in [3.8, 4) is 0 Å². The van der Waals surface area contributed by atoms with Crippen molar-refractivity contribution in [1.82, 2.24) is 24.3 Å². The Hall–Kier alpha value is -3.34. The zero-order valence-electron chi connectivity index (χ0n) is 21.3. The van der Waals surface area contributed by atoms with Gasteiger partial charge in [-0.1, -0.05) is 0 Å². The van der Waals surface area contributed by atoms with Gasteiger partial charge in [0.25, 0.3) is 0 Å². The quantitative estimate of drug-likeness (QED) is 0.631. The molecule has 0 spiro atoms. The van der Waals surface area contributed by atoms with E-state index in [0.29, 0.717) is 31.1 Å². The maximum absolute atomic E-state index is 13.0. The molecule has 3 saturated heterocycles. The lowest BCUT2D eigenvalue weighted by Gasteiger charge is -2.49. The van der Waals surface area contributed by atoms with Crippen LogP contribution in [0.3, 0.4) is 0 Å². The molecule has 194 valence electrons. The van der Waals surface area contributed by atoms with Gasteiger partial charge in [0.05, 0.1) is 11.0 Å². The summed E-state index contributed by atoms with van der Waals surface area (Å²) >= 11 is 0. The molecule has 3 aliphatic heterocycles. The minimum absolute atomic E-state index is 0.221. The summed E-state index contributed by atoms with van der Waals surface area (Å²) in [4.78, 5) is 55.7. The Morgan fingerprint density at radius 2 is 1.72 bits per heavy atom. The molecule has 3 fully saturated rings. The smallest absolute Gasteiger partial charge is 0.410 e. The van der Waals surface area contributed by atoms with Crippen LogP contribution in [0.1, 0.15) is 39.7 Å². The van der Waals surface area contributed by atoms with E-state index in [2.05, 4.69) is 15.1 Å². The number of aryl methyl sites for hydroxylation is 1. The van der Waals surface area contributed by atoms with Crippen LogP contribution in [0, 0.1) is 0 Å². The molecule has 11 nitrogen and oxygen atoms in total. The third kappa shape index (κ3) is 4.47. The van der Waals surface area contributed by atoms with Crippen LogP contribution in [0.25, 0.3) is 11.0 Å². The lowest BCUT2D eigenvalue weighted by molar-refractivity contribution is -0.135. The SMILES string of the molecule is Cn1c(=O)n(C2CCC(=O)NC2=O)c2ccc(N3CC(N4CCN(C(=O)OC(C)(C)C)CC4)C3)cc21. The van der Waals surface area contributed by atoms with Crippen molar-refractivity contribution in [2.45, 2.75) is 51.3 Å². The predicted octanol–water partition coefficient (Wildman–Crippen LogP) is 1.06. The van der Waals surface area contributed by atoms with Crippen LogP contribution < -0.4 is 15.9 Å². The molecular formula is C25H34N6O5. The van der Waals surface area contributed by atoms with Gasteiger partial charge >= 0.3 is 11.8 Å². The fourth-order valence-electron chi connectivity index (χ4n) is 5.27. The molecule has 36 heavy (non-hydrogen) atoms. The normalized spacial score (nSPS) is 22.1. The minimum Gasteiger partial charge on any atom is -0.444 e. The summed E-state index contributed by atoms with van der Waals surface area (Å²) in [6.07, 6.45) is 0.291. The van der Waals surface area contributed by atoms with Crippen molar-refractivity contribution in [2.24, 2.45) is 7.05 Å². The van der Waals surface area contributed by atoms with Crippen molar-refractivity contribution in [3.05, 3.63) is 28.7 Å². The standard InChI is InChI=1S/C25H34N6O5/c1-25(2,3)36-24(35)29-11-9-28(10-12-29)17-14-30(15-17)16-5-6-18-20(13-16)27(4)23(34)31(18)19-7-8-21(32)26-22(19)33/h5-6,13,17,19H,7-12,14-15H2,1-4H3,(H,26,32,33). The van der Waals surface area contributed by atoms with E-state index in [1.807, 2.05) is 39.0 Å². The zero-order chi connectivity index (χ0) is 25.8. The number of aromatic nitrogens is 2. The molecule has 0 aliphatic carbocycles. The summed E-state index contributed by atoms with van der Waals surface area (Å²) in [5.41, 5.74) is 1.73. The van der Waals surface area contributed by atoms with E-state index in [9.17, 15) is 19.2 Å². The molecule has 1 aromatic carbocycles. The number of hydrogen-bond acceptors (Lipinski definition) is 7. The molecule has 1 atom stereocenters. The fourth-order valence-corrected chi connectivity index (χ4v) is 5.27. The second kappa shape index (κ2) is 8.95. The Morgan fingerprint density at radius 1 is 1.03 bits per heavy atom. The number of nitrogens with zero attached hydrogens (tertiary/aromatic N) is 5. The minimum atomic E-state index is -0.683. The third-order valence-electron chi connectivity index (χ3n) is 7.30. The molecule has 1 aromatic heterocycles. The number of ether oxygens (including phenoxy) is 1. The molecule has 0 radical (unpaired) electrons.